The maximum atomic E-state index is 10.9. The average molecular weight is 151 g/mol. The lowest BCUT2D eigenvalue weighted by Gasteiger charge is -1.91. The number of aromatic amines is 1. The van der Waals surface area contributed by atoms with Crippen LogP contribution in [0.3, 0.4) is 0 Å². The van der Waals surface area contributed by atoms with Crippen molar-refractivity contribution in [3.8, 4) is 6.07 Å². The monoisotopic (exact) mass is 151 g/mol. The minimum absolute atomic E-state index is 0.141. The molecule has 0 bridgehead atoms. The molecule has 1 aromatic rings. The second-order valence-corrected chi connectivity index (χ2v) is 2.34. The van der Waals surface area contributed by atoms with Crippen LogP contribution in [0.4, 0.5) is 0 Å². The number of aromatic nitrogens is 2. The molecule has 0 fully saturated rings. The summed E-state index contributed by atoms with van der Waals surface area (Å²) in [6, 6.07) is 1.98. The van der Waals surface area contributed by atoms with Crippen molar-refractivity contribution in [3.05, 3.63) is 22.4 Å². The predicted octanol–water partition coefficient (Wildman–Crippen LogP) is 0.398. The molecule has 0 saturated heterocycles. The van der Waals surface area contributed by atoms with Crippen LogP contribution in [0.15, 0.2) is 11.0 Å². The quantitative estimate of drug-likeness (QED) is 0.665. The molecule has 58 valence electrons. The van der Waals surface area contributed by atoms with Gasteiger partial charge in [-0.25, -0.2) is 4.79 Å². The van der Waals surface area contributed by atoms with Crippen molar-refractivity contribution in [2.45, 2.75) is 19.9 Å². The molecule has 0 aliphatic rings. The summed E-state index contributed by atoms with van der Waals surface area (Å²) in [5, 5.41) is 8.25. The Hall–Kier alpha value is -1.50. The average Bonchev–Trinajstić information content (AvgIpc) is 2.26. The lowest BCUT2D eigenvalue weighted by Crippen LogP contribution is -2.15. The van der Waals surface area contributed by atoms with Crippen LogP contribution in [0.1, 0.15) is 12.1 Å². The zero-order valence-corrected chi connectivity index (χ0v) is 6.29. The maximum Gasteiger partial charge on any atom is 0.325 e. The summed E-state index contributed by atoms with van der Waals surface area (Å²) in [7, 11) is 0. The summed E-state index contributed by atoms with van der Waals surface area (Å²) < 4.78 is 1.50. The molecule has 0 spiro atoms. The van der Waals surface area contributed by atoms with Crippen LogP contribution in [0.5, 0.6) is 0 Å². The van der Waals surface area contributed by atoms with Gasteiger partial charge in [-0.1, -0.05) is 0 Å². The molecule has 4 nitrogen and oxygen atoms in total. The van der Waals surface area contributed by atoms with E-state index in [-0.39, 0.29) is 5.69 Å². The molecule has 0 aromatic carbocycles. The van der Waals surface area contributed by atoms with Gasteiger partial charge in [0, 0.05) is 18.4 Å². The van der Waals surface area contributed by atoms with E-state index in [4.69, 9.17) is 5.26 Å². The third kappa shape index (κ3) is 1.71. The Morgan fingerprint density at radius 3 is 3.00 bits per heavy atom. The summed E-state index contributed by atoms with van der Waals surface area (Å²) in [6.45, 7) is 2.28. The number of aryl methyl sites for hydroxylation is 2. The number of nitriles is 1. The van der Waals surface area contributed by atoms with E-state index in [1.165, 1.54) is 4.57 Å². The Labute approximate surface area is 64.1 Å². The van der Waals surface area contributed by atoms with Gasteiger partial charge < -0.3 is 4.98 Å². The summed E-state index contributed by atoms with van der Waals surface area (Å²) in [6.07, 6.45) is 2.08. The molecule has 0 radical (unpaired) electrons. The molecule has 1 heterocycles. The topological polar surface area (TPSA) is 61.6 Å². The van der Waals surface area contributed by atoms with E-state index in [1.807, 2.05) is 13.0 Å². The highest BCUT2D eigenvalue weighted by atomic mass is 16.1. The fourth-order valence-electron chi connectivity index (χ4n) is 0.902. The van der Waals surface area contributed by atoms with Crippen molar-refractivity contribution >= 4 is 0 Å². The van der Waals surface area contributed by atoms with E-state index >= 15 is 0 Å². The van der Waals surface area contributed by atoms with Gasteiger partial charge in [-0.05, 0) is 6.92 Å². The van der Waals surface area contributed by atoms with Crippen molar-refractivity contribution in [1.29, 1.82) is 5.26 Å². The largest absolute Gasteiger partial charge is 0.325 e. The zero-order chi connectivity index (χ0) is 8.27. The molecule has 0 amide bonds. The molecule has 11 heavy (non-hydrogen) atoms. The van der Waals surface area contributed by atoms with Gasteiger partial charge in [-0.3, -0.25) is 4.57 Å². The molecule has 0 atom stereocenters. The van der Waals surface area contributed by atoms with Crippen LogP contribution < -0.4 is 5.69 Å². The lowest BCUT2D eigenvalue weighted by molar-refractivity contribution is 0.688. The second kappa shape index (κ2) is 3.06. The van der Waals surface area contributed by atoms with Crippen LogP contribution in [-0.4, -0.2) is 9.55 Å². The van der Waals surface area contributed by atoms with Gasteiger partial charge in [0.1, 0.15) is 0 Å². The van der Waals surface area contributed by atoms with Gasteiger partial charge in [0.15, 0.2) is 0 Å². The minimum Gasteiger partial charge on any atom is -0.310 e. The number of nitrogens with one attached hydrogen (secondary N) is 1. The van der Waals surface area contributed by atoms with Gasteiger partial charge in [0.25, 0.3) is 0 Å². The molecule has 0 aliphatic carbocycles. The molecular weight excluding hydrogens is 142 g/mol. The van der Waals surface area contributed by atoms with Crippen LogP contribution in [0.2, 0.25) is 0 Å². The molecule has 1 N–H and O–H groups in total. The van der Waals surface area contributed by atoms with E-state index in [9.17, 15) is 4.79 Å². The highest BCUT2D eigenvalue weighted by molar-refractivity contribution is 4.93. The minimum atomic E-state index is -0.141. The smallest absolute Gasteiger partial charge is 0.310 e. The Bertz CT molecular complexity index is 328. The Morgan fingerprint density at radius 1 is 1.82 bits per heavy atom. The van der Waals surface area contributed by atoms with E-state index in [0.717, 1.165) is 5.69 Å². The molecule has 0 unspecified atom stereocenters. The van der Waals surface area contributed by atoms with Crippen LogP contribution in [0.25, 0.3) is 0 Å². The second-order valence-electron chi connectivity index (χ2n) is 2.34. The molecule has 4 heteroatoms. The first-order valence-corrected chi connectivity index (χ1v) is 3.37. The summed E-state index contributed by atoms with van der Waals surface area (Å²) in [5.74, 6) is 0. The van der Waals surface area contributed by atoms with E-state index in [0.29, 0.717) is 13.0 Å². The predicted molar refractivity (Wildman–Crippen MR) is 40.0 cm³/mol. The maximum absolute atomic E-state index is 10.9. The lowest BCUT2D eigenvalue weighted by atomic mass is 10.4. The molecule has 1 rings (SSSR count). The zero-order valence-electron chi connectivity index (χ0n) is 6.29. The van der Waals surface area contributed by atoms with E-state index in [2.05, 4.69) is 4.98 Å². The van der Waals surface area contributed by atoms with Crippen molar-refractivity contribution in [2.24, 2.45) is 0 Å². The molecule has 0 aliphatic heterocycles. The summed E-state index contributed by atoms with van der Waals surface area (Å²) in [5.41, 5.74) is 0.686. The first kappa shape index (κ1) is 7.61. The normalized spacial score (nSPS) is 9.45. The number of rotatable bonds is 2. The first-order valence-electron chi connectivity index (χ1n) is 3.37. The molecule has 0 saturated carbocycles. The van der Waals surface area contributed by atoms with Crippen LogP contribution >= 0.6 is 0 Å². The fraction of sp³-hybridized carbons (Fsp3) is 0.429. The third-order valence-corrected chi connectivity index (χ3v) is 1.38. The number of hydrogen-bond acceptors (Lipinski definition) is 2. The number of H-pyrrole nitrogens is 1. The van der Waals surface area contributed by atoms with E-state index in [1.54, 1.807) is 6.20 Å². The van der Waals surface area contributed by atoms with Crippen LogP contribution in [-0.2, 0) is 6.54 Å². The SMILES string of the molecule is Cc1cn(CCC#N)c(=O)[nH]1. The van der Waals surface area contributed by atoms with Gasteiger partial charge in [-0.2, -0.15) is 5.26 Å². The fourth-order valence-corrected chi connectivity index (χ4v) is 0.902. The van der Waals surface area contributed by atoms with Crippen molar-refractivity contribution in [3.63, 3.8) is 0 Å². The highest BCUT2D eigenvalue weighted by Gasteiger charge is 1.96. The molecule has 1 aromatic heterocycles. The third-order valence-electron chi connectivity index (χ3n) is 1.38. The number of nitrogens with zero attached hydrogens (tertiary/aromatic N) is 2. The Balaban J connectivity index is 2.80. The van der Waals surface area contributed by atoms with Gasteiger partial charge in [0.05, 0.1) is 12.5 Å². The standard InChI is InChI=1S/C7H9N3O/c1-6-5-10(4-2-3-8)7(11)9-6/h5H,2,4H2,1H3,(H,9,11). The summed E-state index contributed by atoms with van der Waals surface area (Å²) in [4.78, 5) is 13.6. The van der Waals surface area contributed by atoms with Crippen LogP contribution in [0, 0.1) is 18.3 Å². The Kier molecular flexibility index (Phi) is 2.12. The summed E-state index contributed by atoms with van der Waals surface area (Å²) >= 11 is 0. The van der Waals surface area contributed by atoms with Gasteiger partial charge in [-0.15, -0.1) is 0 Å². The Morgan fingerprint density at radius 2 is 2.55 bits per heavy atom. The van der Waals surface area contributed by atoms with Gasteiger partial charge >= 0.3 is 5.69 Å². The molecular formula is C7H9N3O. The first-order chi connectivity index (χ1) is 5.24. The highest BCUT2D eigenvalue weighted by Crippen LogP contribution is 1.89. The van der Waals surface area contributed by atoms with Crippen molar-refractivity contribution in [1.82, 2.24) is 9.55 Å². The number of imidazole rings is 1. The van der Waals surface area contributed by atoms with Crippen molar-refractivity contribution in [2.75, 3.05) is 0 Å². The van der Waals surface area contributed by atoms with Crippen molar-refractivity contribution < 1.29 is 0 Å². The van der Waals surface area contributed by atoms with E-state index < -0.39 is 0 Å². The number of hydrogen-bond donors (Lipinski definition) is 1. The van der Waals surface area contributed by atoms with Gasteiger partial charge in [0.2, 0.25) is 0 Å².